The van der Waals surface area contributed by atoms with Gasteiger partial charge in [-0.2, -0.15) is 0 Å². The Morgan fingerprint density at radius 2 is 2.19 bits per heavy atom. The van der Waals surface area contributed by atoms with E-state index in [1.54, 1.807) is 6.07 Å². The molecule has 0 saturated heterocycles. The van der Waals surface area contributed by atoms with E-state index in [-0.39, 0.29) is 11.9 Å². The smallest absolute Gasteiger partial charge is 0.124 e. The second-order valence-corrected chi connectivity index (χ2v) is 5.49. The van der Waals surface area contributed by atoms with E-state index in [9.17, 15) is 4.39 Å². The lowest BCUT2D eigenvalue weighted by Gasteiger charge is -2.29. The molecule has 1 aliphatic carbocycles. The number of nitrogens with one attached hydrogen (secondary N) is 1. The average molecular weight is 286 g/mol. The van der Waals surface area contributed by atoms with Crippen molar-refractivity contribution < 1.29 is 4.39 Å². The molecule has 3 heteroatoms. The van der Waals surface area contributed by atoms with E-state index in [2.05, 4.69) is 21.2 Å². The Hall–Kier alpha value is -0.410. The molecule has 1 aliphatic rings. The van der Waals surface area contributed by atoms with Gasteiger partial charge in [0.15, 0.2) is 0 Å². The minimum atomic E-state index is -0.168. The summed E-state index contributed by atoms with van der Waals surface area (Å²) >= 11 is 3.34. The van der Waals surface area contributed by atoms with Crippen molar-refractivity contribution in [2.45, 2.75) is 31.7 Å². The monoisotopic (exact) mass is 285 g/mol. The fourth-order valence-corrected chi connectivity index (χ4v) is 2.74. The molecule has 0 aromatic heterocycles. The molecule has 1 aromatic carbocycles. The van der Waals surface area contributed by atoms with Crippen LogP contribution in [0.25, 0.3) is 0 Å². The molecule has 0 aliphatic heterocycles. The van der Waals surface area contributed by atoms with Gasteiger partial charge in [0.25, 0.3) is 0 Å². The van der Waals surface area contributed by atoms with E-state index < -0.39 is 0 Å². The van der Waals surface area contributed by atoms with E-state index in [1.165, 1.54) is 25.3 Å². The van der Waals surface area contributed by atoms with Gasteiger partial charge in [-0.15, -0.1) is 0 Å². The molecular formula is C13H17BrFN. The van der Waals surface area contributed by atoms with Gasteiger partial charge in [0, 0.05) is 10.5 Å². The Balaban J connectivity index is 2.11. The van der Waals surface area contributed by atoms with Crippen LogP contribution < -0.4 is 5.32 Å². The zero-order valence-corrected chi connectivity index (χ0v) is 11.1. The second kappa shape index (κ2) is 5.28. The first-order valence-electron chi connectivity index (χ1n) is 5.82. The maximum absolute atomic E-state index is 13.3. The summed E-state index contributed by atoms with van der Waals surface area (Å²) in [6, 6.07) is 5.41. The lowest BCUT2D eigenvalue weighted by molar-refractivity contribution is 0.265. The molecule has 16 heavy (non-hydrogen) atoms. The summed E-state index contributed by atoms with van der Waals surface area (Å²) in [5.41, 5.74) is 1.04. The summed E-state index contributed by atoms with van der Waals surface area (Å²) in [6.45, 7) is 0. The number of halogens is 2. The van der Waals surface area contributed by atoms with Crippen molar-refractivity contribution >= 4 is 15.9 Å². The molecule has 0 spiro atoms. The van der Waals surface area contributed by atoms with Gasteiger partial charge < -0.3 is 5.32 Å². The predicted molar refractivity (Wildman–Crippen MR) is 67.9 cm³/mol. The largest absolute Gasteiger partial charge is 0.313 e. The highest BCUT2D eigenvalue weighted by molar-refractivity contribution is 9.10. The predicted octanol–water partition coefficient (Wildman–Crippen LogP) is 4.04. The van der Waals surface area contributed by atoms with Crippen molar-refractivity contribution in [2.24, 2.45) is 5.92 Å². The zero-order valence-electron chi connectivity index (χ0n) is 9.47. The minimum absolute atomic E-state index is 0.168. The van der Waals surface area contributed by atoms with Crippen LogP contribution in [0.4, 0.5) is 4.39 Å². The van der Waals surface area contributed by atoms with Crippen molar-refractivity contribution in [1.29, 1.82) is 0 Å². The molecule has 1 unspecified atom stereocenters. The van der Waals surface area contributed by atoms with E-state index >= 15 is 0 Å². The van der Waals surface area contributed by atoms with Crippen LogP contribution >= 0.6 is 15.9 Å². The topological polar surface area (TPSA) is 12.0 Å². The summed E-state index contributed by atoms with van der Waals surface area (Å²) < 4.78 is 14.1. The van der Waals surface area contributed by atoms with E-state index in [0.717, 1.165) is 22.4 Å². The maximum Gasteiger partial charge on any atom is 0.124 e. The molecule has 1 fully saturated rings. The molecular weight excluding hydrogens is 269 g/mol. The van der Waals surface area contributed by atoms with Crippen LogP contribution in [0, 0.1) is 11.7 Å². The molecule has 1 saturated carbocycles. The summed E-state index contributed by atoms with van der Waals surface area (Å²) in [5.74, 6) is 0.651. The summed E-state index contributed by atoms with van der Waals surface area (Å²) in [7, 11) is 1.95. The number of benzene rings is 1. The third-order valence-electron chi connectivity index (χ3n) is 3.43. The van der Waals surface area contributed by atoms with Crippen LogP contribution in [0.5, 0.6) is 0 Å². The molecule has 2 rings (SSSR count). The molecule has 88 valence electrons. The second-order valence-electron chi connectivity index (χ2n) is 4.58. The average Bonchev–Trinajstić information content (AvgIpc) is 2.14. The van der Waals surface area contributed by atoms with Gasteiger partial charge >= 0.3 is 0 Å². The first kappa shape index (κ1) is 12.1. The molecule has 0 radical (unpaired) electrons. The standard InChI is InChI=1S/C13H17BrFN/c1-16-13(5-9-3-2-4-9)10-6-11(14)8-12(15)7-10/h6-9,13,16H,2-5H2,1H3. The first-order chi connectivity index (χ1) is 7.69. The normalized spacial score (nSPS) is 18.2. The van der Waals surface area contributed by atoms with E-state index in [4.69, 9.17) is 0 Å². The van der Waals surface area contributed by atoms with Gasteiger partial charge in [-0.1, -0.05) is 35.2 Å². The molecule has 1 nitrogen and oxygen atoms in total. The van der Waals surface area contributed by atoms with Crippen molar-refractivity contribution in [3.63, 3.8) is 0 Å². The fraction of sp³-hybridized carbons (Fsp3) is 0.538. The van der Waals surface area contributed by atoms with Crippen LogP contribution in [-0.4, -0.2) is 7.05 Å². The molecule has 0 bridgehead atoms. The van der Waals surface area contributed by atoms with Crippen molar-refractivity contribution in [1.82, 2.24) is 5.32 Å². The Morgan fingerprint density at radius 1 is 1.44 bits per heavy atom. The summed E-state index contributed by atoms with van der Waals surface area (Å²) in [6.07, 6.45) is 5.13. The quantitative estimate of drug-likeness (QED) is 0.881. The molecule has 1 atom stereocenters. The number of hydrogen-bond acceptors (Lipinski definition) is 1. The fourth-order valence-electron chi connectivity index (χ4n) is 2.26. The lowest BCUT2D eigenvalue weighted by Crippen LogP contribution is -2.23. The molecule has 0 heterocycles. The van der Waals surface area contributed by atoms with Crippen LogP contribution in [0.2, 0.25) is 0 Å². The Labute approximate surface area is 105 Å². The number of rotatable bonds is 4. The highest BCUT2D eigenvalue weighted by Gasteiger charge is 2.22. The van der Waals surface area contributed by atoms with Gasteiger partial charge in [0.2, 0.25) is 0 Å². The molecule has 1 aromatic rings. The Bertz CT molecular complexity index is 343. The third kappa shape index (κ3) is 2.83. The van der Waals surface area contributed by atoms with E-state index in [0.29, 0.717) is 0 Å². The van der Waals surface area contributed by atoms with Crippen molar-refractivity contribution in [3.05, 3.63) is 34.1 Å². The van der Waals surface area contributed by atoms with Gasteiger partial charge in [-0.3, -0.25) is 0 Å². The van der Waals surface area contributed by atoms with Gasteiger partial charge in [-0.05, 0) is 43.1 Å². The zero-order chi connectivity index (χ0) is 11.5. The Morgan fingerprint density at radius 3 is 2.69 bits per heavy atom. The van der Waals surface area contributed by atoms with Crippen molar-refractivity contribution in [2.75, 3.05) is 7.05 Å². The van der Waals surface area contributed by atoms with Gasteiger partial charge in [0.05, 0.1) is 0 Å². The number of hydrogen-bond donors (Lipinski definition) is 1. The SMILES string of the molecule is CNC(CC1CCC1)c1cc(F)cc(Br)c1. The van der Waals surface area contributed by atoms with E-state index in [1.807, 2.05) is 13.1 Å². The Kier molecular flexibility index (Phi) is 3.98. The van der Waals surface area contributed by atoms with Gasteiger partial charge in [-0.25, -0.2) is 4.39 Å². The lowest BCUT2D eigenvalue weighted by atomic mass is 9.79. The van der Waals surface area contributed by atoms with Gasteiger partial charge in [0.1, 0.15) is 5.82 Å². The highest BCUT2D eigenvalue weighted by Crippen LogP contribution is 2.35. The maximum atomic E-state index is 13.3. The highest BCUT2D eigenvalue weighted by atomic mass is 79.9. The summed E-state index contributed by atoms with van der Waals surface area (Å²) in [5, 5.41) is 3.28. The van der Waals surface area contributed by atoms with Crippen LogP contribution in [-0.2, 0) is 0 Å². The molecule has 1 N–H and O–H groups in total. The molecule has 0 amide bonds. The third-order valence-corrected chi connectivity index (χ3v) is 3.89. The minimum Gasteiger partial charge on any atom is -0.313 e. The van der Waals surface area contributed by atoms with Crippen LogP contribution in [0.3, 0.4) is 0 Å². The first-order valence-corrected chi connectivity index (χ1v) is 6.61. The van der Waals surface area contributed by atoms with Crippen LogP contribution in [0.15, 0.2) is 22.7 Å². The van der Waals surface area contributed by atoms with Crippen molar-refractivity contribution in [3.8, 4) is 0 Å². The summed E-state index contributed by atoms with van der Waals surface area (Å²) in [4.78, 5) is 0. The van der Waals surface area contributed by atoms with Crippen LogP contribution in [0.1, 0.15) is 37.3 Å².